The van der Waals surface area contributed by atoms with Gasteiger partial charge in [0.15, 0.2) is 0 Å². The van der Waals surface area contributed by atoms with Crippen molar-refractivity contribution in [2.75, 3.05) is 0 Å². The summed E-state index contributed by atoms with van der Waals surface area (Å²) in [7, 11) is 0. The van der Waals surface area contributed by atoms with Crippen LogP contribution >= 0.6 is 11.6 Å². The lowest BCUT2D eigenvalue weighted by atomic mass is 10.1. The standard InChI is InChI=1S/C14H13ClN4O3/c1-8-10(14(15)22-18-8)3-5-13(20)21-7-9-2-4-11-12(6-9)17-19-16-11/h2,4,6H,3,5,7H2,1H3,(H,16,17,19). The van der Waals surface area contributed by atoms with Gasteiger partial charge in [0.2, 0.25) is 5.22 Å². The molecule has 0 unspecified atom stereocenters. The highest BCUT2D eigenvalue weighted by Gasteiger charge is 2.13. The number of carbonyl (C=O) groups is 1. The Morgan fingerprint density at radius 2 is 2.18 bits per heavy atom. The van der Waals surface area contributed by atoms with Gasteiger partial charge in [-0.3, -0.25) is 4.79 Å². The second-order valence-electron chi connectivity index (χ2n) is 4.83. The van der Waals surface area contributed by atoms with Crippen LogP contribution < -0.4 is 0 Å². The lowest BCUT2D eigenvalue weighted by Crippen LogP contribution is -2.06. The highest BCUT2D eigenvalue weighted by Crippen LogP contribution is 2.20. The molecule has 0 saturated heterocycles. The van der Waals surface area contributed by atoms with E-state index in [9.17, 15) is 4.79 Å². The first-order valence-corrected chi connectivity index (χ1v) is 7.07. The Morgan fingerprint density at radius 3 is 2.95 bits per heavy atom. The molecule has 3 aromatic rings. The monoisotopic (exact) mass is 320 g/mol. The number of H-pyrrole nitrogens is 1. The molecule has 0 spiro atoms. The van der Waals surface area contributed by atoms with Crippen molar-refractivity contribution < 1.29 is 14.1 Å². The van der Waals surface area contributed by atoms with E-state index in [1.165, 1.54) is 0 Å². The molecule has 0 aliphatic rings. The van der Waals surface area contributed by atoms with Crippen molar-refractivity contribution in [1.82, 2.24) is 20.6 Å². The van der Waals surface area contributed by atoms with Gasteiger partial charge in [-0.15, -0.1) is 0 Å². The molecule has 0 saturated carbocycles. The van der Waals surface area contributed by atoms with Crippen LogP contribution in [0, 0.1) is 6.92 Å². The molecule has 0 aliphatic carbocycles. The summed E-state index contributed by atoms with van der Waals surface area (Å²) in [5.41, 5.74) is 3.79. The predicted octanol–water partition coefficient (Wildman–Crippen LogP) is 2.58. The number of halogens is 1. The molecule has 22 heavy (non-hydrogen) atoms. The van der Waals surface area contributed by atoms with Crippen LogP contribution in [0.4, 0.5) is 0 Å². The van der Waals surface area contributed by atoms with Crippen molar-refractivity contribution in [1.29, 1.82) is 0 Å². The Morgan fingerprint density at radius 1 is 1.36 bits per heavy atom. The fraction of sp³-hybridized carbons (Fsp3) is 0.286. The molecule has 0 radical (unpaired) electrons. The molecule has 7 nitrogen and oxygen atoms in total. The average Bonchev–Trinajstić information content (AvgIpc) is 3.10. The number of aromatic nitrogens is 4. The first-order valence-electron chi connectivity index (χ1n) is 6.69. The molecule has 2 heterocycles. The van der Waals surface area contributed by atoms with Gasteiger partial charge in [-0.05, 0) is 42.6 Å². The zero-order valence-electron chi connectivity index (χ0n) is 11.8. The second kappa shape index (κ2) is 6.15. The Bertz CT molecular complexity index is 792. The van der Waals surface area contributed by atoms with Crippen LogP contribution in [0.15, 0.2) is 22.7 Å². The minimum absolute atomic E-state index is 0.192. The number of benzene rings is 1. The van der Waals surface area contributed by atoms with Gasteiger partial charge in [0.1, 0.15) is 17.6 Å². The number of nitrogens with zero attached hydrogens (tertiary/aromatic N) is 3. The van der Waals surface area contributed by atoms with Gasteiger partial charge in [0.25, 0.3) is 0 Å². The zero-order valence-corrected chi connectivity index (χ0v) is 12.6. The van der Waals surface area contributed by atoms with Gasteiger partial charge in [-0.1, -0.05) is 11.2 Å². The number of ether oxygens (including phenoxy) is 1. The quantitative estimate of drug-likeness (QED) is 0.726. The van der Waals surface area contributed by atoms with Crippen molar-refractivity contribution in [3.05, 3.63) is 40.2 Å². The van der Waals surface area contributed by atoms with Crippen LogP contribution in [-0.4, -0.2) is 26.5 Å². The number of carbonyl (C=O) groups excluding carboxylic acids is 1. The number of aromatic amines is 1. The number of rotatable bonds is 5. The van der Waals surface area contributed by atoms with Crippen molar-refractivity contribution in [3.63, 3.8) is 0 Å². The second-order valence-corrected chi connectivity index (χ2v) is 5.17. The molecule has 0 amide bonds. The summed E-state index contributed by atoms with van der Waals surface area (Å²) in [5.74, 6) is -0.308. The van der Waals surface area contributed by atoms with Crippen molar-refractivity contribution in [2.45, 2.75) is 26.4 Å². The summed E-state index contributed by atoms with van der Waals surface area (Å²) in [5, 5.41) is 14.4. The third-order valence-corrected chi connectivity index (χ3v) is 3.59. The van der Waals surface area contributed by atoms with E-state index in [1.54, 1.807) is 6.92 Å². The van der Waals surface area contributed by atoms with Crippen LogP contribution in [0.2, 0.25) is 5.22 Å². The number of esters is 1. The summed E-state index contributed by atoms with van der Waals surface area (Å²) >= 11 is 5.85. The van der Waals surface area contributed by atoms with E-state index in [0.29, 0.717) is 12.1 Å². The number of hydrogen-bond acceptors (Lipinski definition) is 6. The molecule has 0 aliphatic heterocycles. The van der Waals surface area contributed by atoms with Crippen molar-refractivity contribution >= 4 is 28.6 Å². The zero-order chi connectivity index (χ0) is 15.5. The van der Waals surface area contributed by atoms with Crippen LogP contribution in [0.25, 0.3) is 11.0 Å². The van der Waals surface area contributed by atoms with Gasteiger partial charge >= 0.3 is 5.97 Å². The van der Waals surface area contributed by atoms with E-state index in [2.05, 4.69) is 20.6 Å². The van der Waals surface area contributed by atoms with E-state index < -0.39 is 0 Å². The Kier molecular flexibility index (Phi) is 4.06. The number of nitrogens with one attached hydrogen (secondary N) is 1. The van der Waals surface area contributed by atoms with Gasteiger partial charge < -0.3 is 9.26 Å². The fourth-order valence-electron chi connectivity index (χ4n) is 2.08. The normalized spacial score (nSPS) is 11.0. The highest BCUT2D eigenvalue weighted by atomic mass is 35.5. The van der Waals surface area contributed by atoms with E-state index in [0.717, 1.165) is 22.2 Å². The maximum atomic E-state index is 11.8. The van der Waals surface area contributed by atoms with Gasteiger partial charge in [0, 0.05) is 12.0 Å². The third kappa shape index (κ3) is 3.09. The largest absolute Gasteiger partial charge is 0.461 e. The van der Waals surface area contributed by atoms with Gasteiger partial charge in [0.05, 0.1) is 5.69 Å². The van der Waals surface area contributed by atoms with Crippen molar-refractivity contribution in [3.8, 4) is 0 Å². The molecule has 3 rings (SSSR count). The summed E-state index contributed by atoms with van der Waals surface area (Å²) in [4.78, 5) is 11.8. The SMILES string of the molecule is Cc1noc(Cl)c1CCC(=O)OCc1ccc2n[nH]nc2c1. The average molecular weight is 321 g/mol. The number of aryl methyl sites for hydroxylation is 1. The van der Waals surface area contributed by atoms with E-state index in [1.807, 2.05) is 18.2 Å². The minimum atomic E-state index is -0.308. The molecule has 0 fully saturated rings. The minimum Gasteiger partial charge on any atom is -0.461 e. The Hall–Kier alpha value is -2.41. The van der Waals surface area contributed by atoms with Crippen LogP contribution in [-0.2, 0) is 22.6 Å². The lowest BCUT2D eigenvalue weighted by Gasteiger charge is -2.04. The maximum absolute atomic E-state index is 11.8. The Labute approximate surface area is 130 Å². The molecule has 1 N–H and O–H groups in total. The van der Waals surface area contributed by atoms with Gasteiger partial charge in [-0.25, -0.2) is 0 Å². The molecular formula is C14H13ClN4O3. The van der Waals surface area contributed by atoms with E-state index >= 15 is 0 Å². The predicted molar refractivity (Wildman–Crippen MR) is 78.3 cm³/mol. The number of hydrogen-bond donors (Lipinski definition) is 1. The van der Waals surface area contributed by atoms with Crippen LogP contribution in [0.1, 0.15) is 23.2 Å². The summed E-state index contributed by atoms with van der Waals surface area (Å²) in [6.07, 6.45) is 0.656. The topological polar surface area (TPSA) is 93.9 Å². The summed E-state index contributed by atoms with van der Waals surface area (Å²) in [6, 6.07) is 5.49. The first kappa shape index (κ1) is 14.5. The van der Waals surface area contributed by atoms with E-state index in [4.69, 9.17) is 20.9 Å². The smallest absolute Gasteiger partial charge is 0.306 e. The molecule has 0 atom stereocenters. The maximum Gasteiger partial charge on any atom is 0.306 e. The summed E-state index contributed by atoms with van der Waals surface area (Å²) < 4.78 is 10.1. The molecule has 2 aromatic heterocycles. The van der Waals surface area contributed by atoms with Crippen LogP contribution in [0.5, 0.6) is 0 Å². The molecule has 0 bridgehead atoms. The first-order chi connectivity index (χ1) is 10.6. The molecule has 1 aromatic carbocycles. The van der Waals surface area contributed by atoms with Crippen molar-refractivity contribution in [2.24, 2.45) is 0 Å². The number of fused-ring (bicyclic) bond motifs is 1. The Balaban J connectivity index is 1.53. The third-order valence-electron chi connectivity index (χ3n) is 3.30. The summed E-state index contributed by atoms with van der Waals surface area (Å²) in [6.45, 7) is 1.97. The molecule has 8 heteroatoms. The van der Waals surface area contributed by atoms with E-state index in [-0.39, 0.29) is 24.2 Å². The van der Waals surface area contributed by atoms with Crippen LogP contribution in [0.3, 0.4) is 0 Å². The lowest BCUT2D eigenvalue weighted by molar-refractivity contribution is -0.144. The molecular weight excluding hydrogens is 308 g/mol. The van der Waals surface area contributed by atoms with Gasteiger partial charge in [-0.2, -0.15) is 15.4 Å². The highest BCUT2D eigenvalue weighted by molar-refractivity contribution is 6.29. The molecule has 114 valence electrons. The fourth-order valence-corrected chi connectivity index (χ4v) is 2.34.